The summed E-state index contributed by atoms with van der Waals surface area (Å²) in [7, 11) is 0. The molecule has 1 aliphatic rings. The molecule has 6 atom stereocenters. The summed E-state index contributed by atoms with van der Waals surface area (Å²) in [4.78, 5) is 58.0. The summed E-state index contributed by atoms with van der Waals surface area (Å²) in [5, 5.41) is 11.4. The number of carbonyl (C=O) groups excluding carboxylic acids is 4. The van der Waals surface area contributed by atoms with Crippen LogP contribution in [0, 0.1) is 0 Å². The van der Waals surface area contributed by atoms with Crippen molar-refractivity contribution in [3.05, 3.63) is 0 Å². The Bertz CT molecular complexity index is 726. The molecule has 0 bridgehead atoms. The second-order valence-corrected chi connectivity index (χ2v) is 6.14. The zero-order valence-electron chi connectivity index (χ0n) is 19.1. The van der Waals surface area contributed by atoms with Crippen LogP contribution in [0.15, 0.2) is 0 Å². The highest BCUT2D eigenvalue weighted by Crippen LogP contribution is 2.28. The number of carbonyl (C=O) groups is 5. The third-order valence-corrected chi connectivity index (χ3v) is 3.72. The molecule has 13 heteroatoms. The summed E-state index contributed by atoms with van der Waals surface area (Å²) < 4.78 is 47.6. The van der Waals surface area contributed by atoms with Crippen molar-refractivity contribution in [3.8, 4) is 0 Å². The van der Waals surface area contributed by atoms with Crippen LogP contribution in [0.5, 0.6) is 0 Å². The van der Waals surface area contributed by atoms with E-state index in [-0.39, 0.29) is 0 Å². The van der Waals surface area contributed by atoms with E-state index in [0.29, 0.717) is 0 Å². The van der Waals surface area contributed by atoms with Crippen molar-refractivity contribution < 1.29 is 56.9 Å². The molecule has 0 aromatic carbocycles. The molecule has 0 aliphatic carbocycles. The molecule has 4 N–H and O–H groups in total. The Morgan fingerprint density at radius 3 is 2.23 bits per heavy atom. The largest absolute Gasteiger partial charge is 0.480 e. The zero-order chi connectivity index (χ0) is 25.1. The van der Waals surface area contributed by atoms with Gasteiger partial charge in [0.1, 0.15) is 24.8 Å². The van der Waals surface area contributed by atoms with Gasteiger partial charge in [-0.3, -0.25) is 24.0 Å². The molecule has 1 rings (SSSR count). The predicted octanol–water partition coefficient (Wildman–Crippen LogP) is -1.93. The van der Waals surface area contributed by atoms with Gasteiger partial charge in [0.15, 0.2) is 18.5 Å². The maximum atomic E-state index is 11.9. The number of carboxylic acids is 1. The molecule has 1 aliphatic heterocycles. The molecule has 1 amide bonds. The Morgan fingerprint density at radius 1 is 1.10 bits per heavy atom. The van der Waals surface area contributed by atoms with Gasteiger partial charge < -0.3 is 39.8 Å². The van der Waals surface area contributed by atoms with Gasteiger partial charge in [-0.1, -0.05) is 0 Å². The fourth-order valence-electron chi connectivity index (χ4n) is 2.60. The van der Waals surface area contributed by atoms with Crippen LogP contribution in [0.1, 0.15) is 31.7 Å². The van der Waals surface area contributed by atoms with Crippen LogP contribution in [0.2, 0.25) is 0 Å². The highest BCUT2D eigenvalue weighted by atomic mass is 16.7. The normalized spacial score (nSPS) is 28.1. The minimum absolute atomic E-state index is 0.606. The number of amides is 1. The van der Waals surface area contributed by atoms with E-state index in [2.05, 4.69) is 5.32 Å². The summed E-state index contributed by atoms with van der Waals surface area (Å²) in [6.45, 7) is -2.50. The Hall–Kier alpha value is -2.77. The average Bonchev–Trinajstić information content (AvgIpc) is 2.78. The fraction of sp³-hybridized carbons (Fsp3) is 0.706. The molecule has 1 heterocycles. The molecule has 30 heavy (non-hydrogen) atoms. The average molecular weight is 437 g/mol. The van der Waals surface area contributed by atoms with Gasteiger partial charge in [-0.05, 0) is 0 Å². The lowest BCUT2D eigenvalue weighted by Crippen LogP contribution is -2.66. The van der Waals surface area contributed by atoms with Crippen molar-refractivity contribution in [2.24, 2.45) is 5.73 Å². The number of carboxylic acid groups (broad SMARTS) is 1. The zero-order valence-corrected chi connectivity index (χ0v) is 16.1. The van der Waals surface area contributed by atoms with Crippen LogP contribution >= 0.6 is 0 Å². The van der Waals surface area contributed by atoms with E-state index in [0.717, 1.165) is 6.92 Å². The van der Waals surface area contributed by atoms with Crippen LogP contribution in [-0.4, -0.2) is 84.8 Å². The number of nitrogens with one attached hydrogen (secondary N) is 1. The van der Waals surface area contributed by atoms with Gasteiger partial charge >= 0.3 is 23.9 Å². The second kappa shape index (κ2) is 11.4. The van der Waals surface area contributed by atoms with Crippen LogP contribution in [-0.2, 0) is 47.7 Å². The van der Waals surface area contributed by atoms with Gasteiger partial charge in [-0.15, -0.1) is 0 Å². The third kappa shape index (κ3) is 7.93. The predicted molar refractivity (Wildman–Crippen MR) is 95.6 cm³/mol. The highest BCUT2D eigenvalue weighted by molar-refractivity contribution is 5.74. The third-order valence-electron chi connectivity index (χ3n) is 3.72. The SMILES string of the molecule is [2H]CC(=O)OC[C@H]1OC(OC[C@H](N)C(=O)O)[C@H](NC(C)=O)[C@@H](OC(=O)C[2H])[C@H]1OC(=O)C[2H]. The van der Waals surface area contributed by atoms with Gasteiger partial charge in [-0.2, -0.15) is 0 Å². The van der Waals surface area contributed by atoms with Crippen LogP contribution in [0.3, 0.4) is 0 Å². The first kappa shape index (κ1) is 20.5. The van der Waals surface area contributed by atoms with Crippen molar-refractivity contribution >= 4 is 29.8 Å². The van der Waals surface area contributed by atoms with Crippen molar-refractivity contribution in [2.75, 3.05) is 13.2 Å². The van der Waals surface area contributed by atoms with E-state index in [4.69, 9.17) is 38.6 Å². The standard InChI is InChI=1S/C17H26N2O11/c1-7(20)19-13-15(29-10(4)23)14(28-9(3)22)12(6-26-8(2)21)30-17(13)27-5-11(18)16(24)25/h11-15,17H,5-6,18H2,1-4H3,(H,19,20)(H,24,25)/t11-,12+,13+,14-,15+,17?/m0/s1/i2D,3D,4D. The smallest absolute Gasteiger partial charge is 0.322 e. The second-order valence-electron chi connectivity index (χ2n) is 6.14. The Balaban J connectivity index is 3.35. The summed E-state index contributed by atoms with van der Waals surface area (Å²) >= 11 is 0. The van der Waals surface area contributed by atoms with Gasteiger partial charge in [-0.25, -0.2) is 0 Å². The van der Waals surface area contributed by atoms with Crippen molar-refractivity contribution in [2.45, 2.75) is 64.3 Å². The molecular formula is C17H26N2O11. The van der Waals surface area contributed by atoms with E-state index >= 15 is 0 Å². The van der Waals surface area contributed by atoms with E-state index in [9.17, 15) is 24.0 Å². The number of esters is 3. The summed E-state index contributed by atoms with van der Waals surface area (Å²) in [5.74, 6) is -5.16. The molecule has 0 saturated carbocycles. The molecule has 13 nitrogen and oxygen atoms in total. The van der Waals surface area contributed by atoms with E-state index in [1.807, 2.05) is 0 Å². The number of hydrogen-bond donors (Lipinski definition) is 3. The number of aliphatic carboxylic acids is 1. The minimum atomic E-state index is -1.54. The first-order chi connectivity index (χ1) is 15.5. The summed E-state index contributed by atoms with van der Waals surface area (Å²) in [6.07, 6.45) is -5.97. The summed E-state index contributed by atoms with van der Waals surface area (Å²) in [5.41, 5.74) is 5.42. The van der Waals surface area contributed by atoms with Crippen molar-refractivity contribution in [1.29, 1.82) is 0 Å². The molecule has 0 radical (unpaired) electrons. The summed E-state index contributed by atoms with van der Waals surface area (Å²) in [6, 6.07) is -2.86. The molecule has 0 aromatic rings. The fourth-order valence-corrected chi connectivity index (χ4v) is 2.60. The number of ether oxygens (including phenoxy) is 5. The lowest BCUT2D eigenvalue weighted by molar-refractivity contribution is -0.278. The monoisotopic (exact) mass is 437 g/mol. The van der Waals surface area contributed by atoms with Crippen LogP contribution < -0.4 is 11.1 Å². The van der Waals surface area contributed by atoms with Gasteiger partial charge in [0.25, 0.3) is 0 Å². The molecule has 170 valence electrons. The van der Waals surface area contributed by atoms with Crippen LogP contribution in [0.4, 0.5) is 0 Å². The molecule has 1 fully saturated rings. The Kier molecular flexibility index (Phi) is 7.81. The van der Waals surface area contributed by atoms with Gasteiger partial charge in [0, 0.05) is 31.7 Å². The van der Waals surface area contributed by atoms with Crippen molar-refractivity contribution in [1.82, 2.24) is 5.32 Å². The molecule has 1 unspecified atom stereocenters. The number of rotatable bonds is 9. The van der Waals surface area contributed by atoms with Crippen LogP contribution in [0.25, 0.3) is 0 Å². The van der Waals surface area contributed by atoms with Gasteiger partial charge in [0.2, 0.25) is 5.91 Å². The molecular weight excluding hydrogens is 408 g/mol. The van der Waals surface area contributed by atoms with E-state index in [1.165, 1.54) is 0 Å². The van der Waals surface area contributed by atoms with E-state index < -0.39 is 100 Å². The van der Waals surface area contributed by atoms with Gasteiger partial charge in [0.05, 0.1) is 6.61 Å². The Morgan fingerprint density at radius 2 is 1.70 bits per heavy atom. The first-order valence-electron chi connectivity index (χ1n) is 10.6. The topological polar surface area (TPSA) is 190 Å². The maximum absolute atomic E-state index is 11.9. The number of hydrogen-bond acceptors (Lipinski definition) is 11. The quantitative estimate of drug-likeness (QED) is 0.268. The highest BCUT2D eigenvalue weighted by Gasteiger charge is 2.51. The molecule has 0 aromatic heterocycles. The number of nitrogens with two attached hydrogens (primary N) is 1. The lowest BCUT2D eigenvalue weighted by Gasteiger charge is -2.45. The van der Waals surface area contributed by atoms with Crippen molar-refractivity contribution in [3.63, 3.8) is 0 Å². The first-order valence-corrected chi connectivity index (χ1v) is 8.48. The Labute approximate surface area is 176 Å². The molecule has 0 spiro atoms. The minimum Gasteiger partial charge on any atom is -0.480 e. The lowest BCUT2D eigenvalue weighted by atomic mass is 9.96. The maximum Gasteiger partial charge on any atom is 0.322 e. The molecule has 1 saturated heterocycles. The van der Waals surface area contributed by atoms with E-state index in [1.54, 1.807) is 0 Å².